The number of hydrogen-bond acceptors (Lipinski definition) is 0. The van der Waals surface area contributed by atoms with Gasteiger partial charge in [-0.05, 0) is 115 Å². The Morgan fingerprint density at radius 3 is 1.16 bits per heavy atom. The summed E-state index contributed by atoms with van der Waals surface area (Å²) in [5.41, 5.74) is 13.7. The lowest BCUT2D eigenvalue weighted by Gasteiger charge is -2.19. The lowest BCUT2D eigenvalue weighted by Crippen LogP contribution is -2.10. The van der Waals surface area contributed by atoms with Crippen molar-refractivity contribution in [3.8, 4) is 44.5 Å². The summed E-state index contributed by atoms with van der Waals surface area (Å²) in [4.78, 5) is 0. The number of rotatable bonds is 4. The van der Waals surface area contributed by atoms with Crippen LogP contribution in [-0.4, -0.2) is 8.80 Å². The average molecular weight is 831 g/mol. The van der Waals surface area contributed by atoms with Crippen molar-refractivity contribution in [2.24, 2.45) is 0 Å². The quantitative estimate of drug-likeness (QED) is 0.167. The summed E-state index contributed by atoms with van der Waals surface area (Å²) in [7, 11) is 0. The zero-order chi connectivity index (χ0) is 51.9. The molecule has 2 heteroatoms. The van der Waals surface area contributed by atoms with E-state index in [1.54, 1.807) is 0 Å². The maximum atomic E-state index is 8.80. The van der Waals surface area contributed by atoms with Crippen molar-refractivity contribution in [2.75, 3.05) is 0 Å². The van der Waals surface area contributed by atoms with Gasteiger partial charge >= 0.3 is 0 Å². The van der Waals surface area contributed by atoms with E-state index in [1.807, 2.05) is 48.5 Å². The fraction of sp³-hybridized carbons (Fsp3) is 0.129. The highest BCUT2D eigenvalue weighted by atomic mass is 14.9. The van der Waals surface area contributed by atoms with Crippen LogP contribution in [0.1, 0.15) is 66.4 Å². The molecule has 0 atom stereocenters. The molecule has 0 radical (unpaired) electrons. The maximum Gasteiger partial charge on any atom is 0.0629 e. The monoisotopic (exact) mass is 830 g/mol. The number of hydrogen-bond donors (Lipinski definition) is 0. The molecule has 0 spiro atoms. The van der Waals surface area contributed by atoms with Crippen molar-refractivity contribution in [3.63, 3.8) is 0 Å². The molecule has 306 valence electrons. The number of fused-ring (bicyclic) bond motifs is 12. The molecule has 0 bridgehead atoms. The highest BCUT2D eigenvalue weighted by Gasteiger charge is 2.27. The highest BCUT2D eigenvalue weighted by molar-refractivity contribution is 6.32. The molecular formula is C62H48N2. The summed E-state index contributed by atoms with van der Waals surface area (Å²) < 4.78 is 90.1. The molecule has 0 unspecified atom stereocenters. The first-order chi connectivity index (χ1) is 35.1. The second-order valence-corrected chi connectivity index (χ2v) is 19.5. The maximum absolute atomic E-state index is 8.80. The number of benzene rings is 9. The Kier molecular flexibility index (Phi) is 5.78. The molecule has 0 aliphatic rings. The molecule has 0 aliphatic carbocycles. The van der Waals surface area contributed by atoms with E-state index < -0.39 is 12.1 Å². The first kappa shape index (κ1) is 28.3. The SMILES string of the molecule is [2H]c1c([2H])c([2H])c(-c2cccc(-c3ccc4c5cc6c(cc5n5c7ccc(C(C)(C)C)cc7c3c45)c3ccc(-c4cccc(-c5c([2H])c([2H])c([2H])c([2H])c5[2H])c4)c4c5cc(C(C)(C)C)ccc5n6c34)c2)c([2H])c1[2H]. The predicted molar refractivity (Wildman–Crippen MR) is 275 cm³/mol. The summed E-state index contributed by atoms with van der Waals surface area (Å²) in [6, 6.07) is 39.2. The van der Waals surface area contributed by atoms with Gasteiger partial charge in [0.2, 0.25) is 0 Å². The molecule has 4 heterocycles. The van der Waals surface area contributed by atoms with Gasteiger partial charge < -0.3 is 8.80 Å². The van der Waals surface area contributed by atoms with Crippen LogP contribution in [0.3, 0.4) is 0 Å². The molecule has 0 saturated heterocycles. The van der Waals surface area contributed by atoms with Crippen LogP contribution in [0.25, 0.3) is 121 Å². The highest BCUT2D eigenvalue weighted by Crippen LogP contribution is 2.49. The second-order valence-electron chi connectivity index (χ2n) is 19.5. The minimum absolute atomic E-state index is 0.132. The topological polar surface area (TPSA) is 8.82 Å². The van der Waals surface area contributed by atoms with Crippen molar-refractivity contribution in [1.82, 2.24) is 8.80 Å². The number of nitrogens with zero attached hydrogens (tertiary/aromatic N) is 2. The van der Waals surface area contributed by atoms with Gasteiger partial charge in [-0.1, -0.05) is 175 Å². The van der Waals surface area contributed by atoms with Crippen LogP contribution in [0.5, 0.6) is 0 Å². The Bertz CT molecular complexity index is 4270. The van der Waals surface area contributed by atoms with Gasteiger partial charge in [0.1, 0.15) is 0 Å². The van der Waals surface area contributed by atoms with Crippen molar-refractivity contribution in [2.45, 2.75) is 52.4 Å². The number of aromatic nitrogens is 2. The van der Waals surface area contributed by atoms with E-state index in [0.717, 1.165) is 98.4 Å². The summed E-state index contributed by atoms with van der Waals surface area (Å²) in [5.74, 6) is 0. The van der Waals surface area contributed by atoms with E-state index in [2.05, 4.69) is 123 Å². The zero-order valence-electron chi connectivity index (χ0n) is 46.4. The Morgan fingerprint density at radius 2 is 0.750 bits per heavy atom. The molecule has 0 amide bonds. The summed E-state index contributed by atoms with van der Waals surface area (Å²) in [6.45, 7) is 13.3. The van der Waals surface area contributed by atoms with Crippen LogP contribution >= 0.6 is 0 Å². The fourth-order valence-electron chi connectivity index (χ4n) is 10.5. The Balaban J connectivity index is 1.10. The van der Waals surface area contributed by atoms with Crippen molar-refractivity contribution >= 4 is 76.2 Å². The van der Waals surface area contributed by atoms with Crippen LogP contribution in [0.4, 0.5) is 0 Å². The van der Waals surface area contributed by atoms with Gasteiger partial charge in [0.05, 0.1) is 46.8 Å². The van der Waals surface area contributed by atoms with Crippen LogP contribution in [0.15, 0.2) is 182 Å². The standard InChI is InChI=1S/C62H48N2/c1-61(2,3)43-23-29-53-51(33-43)57-45(41-21-13-19-39(31-41)37-15-9-7-10-16-37)25-27-47-49-36-56-50(35-55(49)63(53)59(47)57)48-28-26-46(42-22-14-20-40(32-42)38-17-11-8-12-18-38)58-52-34-44(62(4,5)6)24-30-54(52)64(56)60(48)58/h7-36H,1-6H3/i7D,8D,9D,10D,11D,12D,15D,16D,17D,18D. The Morgan fingerprint density at radius 1 is 0.344 bits per heavy atom. The third-order valence-corrected chi connectivity index (χ3v) is 13.6. The smallest absolute Gasteiger partial charge is 0.0629 e. The van der Waals surface area contributed by atoms with Crippen LogP contribution in [-0.2, 0) is 10.8 Å². The van der Waals surface area contributed by atoms with Gasteiger partial charge in [0.25, 0.3) is 0 Å². The van der Waals surface area contributed by atoms with E-state index in [4.69, 9.17) is 13.7 Å². The van der Waals surface area contributed by atoms with Crippen LogP contribution in [0.2, 0.25) is 0 Å². The van der Waals surface area contributed by atoms with Gasteiger partial charge in [-0.15, -0.1) is 0 Å². The molecule has 13 aromatic rings. The molecular weight excluding hydrogens is 773 g/mol. The van der Waals surface area contributed by atoms with Gasteiger partial charge in [0, 0.05) is 43.1 Å². The van der Waals surface area contributed by atoms with E-state index in [9.17, 15) is 0 Å². The molecule has 0 fully saturated rings. The molecule has 64 heavy (non-hydrogen) atoms. The van der Waals surface area contributed by atoms with Gasteiger partial charge in [-0.3, -0.25) is 0 Å². The zero-order valence-corrected chi connectivity index (χ0v) is 36.4. The Labute approximate surface area is 387 Å². The normalized spacial score (nSPS) is 15.0. The third kappa shape index (κ3) is 5.26. The summed E-state index contributed by atoms with van der Waals surface area (Å²) >= 11 is 0. The minimum Gasteiger partial charge on any atom is -0.308 e. The summed E-state index contributed by atoms with van der Waals surface area (Å²) in [6.07, 6.45) is 0. The molecule has 0 N–H and O–H groups in total. The van der Waals surface area contributed by atoms with Crippen molar-refractivity contribution < 1.29 is 13.7 Å². The van der Waals surface area contributed by atoms with E-state index in [-0.39, 0.29) is 70.3 Å². The van der Waals surface area contributed by atoms with Crippen molar-refractivity contribution in [3.05, 3.63) is 193 Å². The predicted octanol–water partition coefficient (Wildman–Crippen LogP) is 17.2. The van der Waals surface area contributed by atoms with Crippen molar-refractivity contribution in [1.29, 1.82) is 0 Å². The lowest BCUT2D eigenvalue weighted by molar-refractivity contribution is 0.591. The van der Waals surface area contributed by atoms with E-state index in [0.29, 0.717) is 11.1 Å². The molecule has 0 saturated carbocycles. The third-order valence-electron chi connectivity index (χ3n) is 13.6. The van der Waals surface area contributed by atoms with Gasteiger partial charge in [0.15, 0.2) is 0 Å². The molecule has 13 rings (SSSR count). The van der Waals surface area contributed by atoms with Gasteiger partial charge in [-0.2, -0.15) is 0 Å². The minimum atomic E-state index is -0.417. The van der Waals surface area contributed by atoms with Gasteiger partial charge in [-0.25, -0.2) is 0 Å². The lowest BCUT2D eigenvalue weighted by atomic mass is 9.85. The first-order valence-corrected chi connectivity index (χ1v) is 21.9. The fourth-order valence-corrected chi connectivity index (χ4v) is 10.5. The average Bonchev–Trinajstić information content (AvgIpc) is 4.16. The molecule has 4 aromatic heterocycles. The molecule has 0 aliphatic heterocycles. The van der Waals surface area contributed by atoms with Crippen LogP contribution < -0.4 is 0 Å². The largest absolute Gasteiger partial charge is 0.308 e. The van der Waals surface area contributed by atoms with E-state index >= 15 is 0 Å². The molecule has 2 nitrogen and oxygen atoms in total. The van der Waals surface area contributed by atoms with E-state index in [1.165, 1.54) is 11.1 Å². The molecule has 9 aromatic carbocycles. The summed E-state index contributed by atoms with van der Waals surface area (Å²) in [5, 5.41) is 8.77. The first-order valence-electron chi connectivity index (χ1n) is 26.9. The van der Waals surface area contributed by atoms with Crippen LogP contribution in [0, 0.1) is 0 Å². The second kappa shape index (κ2) is 13.1. The Hall–Kier alpha value is -7.42.